The minimum Gasteiger partial charge on any atom is -0.462 e. The summed E-state index contributed by atoms with van der Waals surface area (Å²) in [5, 5.41) is 2.08. The molecule has 0 N–H and O–H groups in total. The number of benzene rings is 1. The minimum absolute atomic E-state index is 0.0224. The first kappa shape index (κ1) is 20.6. The Morgan fingerprint density at radius 3 is 2.40 bits per heavy atom. The third-order valence-electron chi connectivity index (χ3n) is 2.90. The van der Waals surface area contributed by atoms with Crippen molar-refractivity contribution in [3.05, 3.63) is 52.5 Å². The summed E-state index contributed by atoms with van der Waals surface area (Å²) in [5.74, 6) is -1.06. The van der Waals surface area contributed by atoms with Gasteiger partial charge in [0.1, 0.15) is 5.57 Å². The summed E-state index contributed by atoms with van der Waals surface area (Å²) in [4.78, 5) is 30.6. The van der Waals surface area contributed by atoms with Gasteiger partial charge in [-0.2, -0.15) is 0 Å². The number of aromatic nitrogens is 1. The van der Waals surface area contributed by atoms with E-state index in [4.69, 9.17) is 4.74 Å². The number of Topliss-reactive ketones (excluding diaryl/α,β-unsaturated/α-hetero) is 1. The van der Waals surface area contributed by atoms with Gasteiger partial charge in [-0.25, -0.2) is 9.78 Å². The number of carbonyl (C=O) groups is 2. The molecule has 0 aliphatic carbocycles. The molecule has 0 aliphatic heterocycles. The van der Waals surface area contributed by atoms with Crippen molar-refractivity contribution in [2.45, 2.75) is 20.8 Å². The molecule has 2 rings (SSSR count). The molecule has 0 fully saturated rings. The quantitative estimate of drug-likeness (QED) is 0.256. The van der Waals surface area contributed by atoms with Crippen LogP contribution in [0.2, 0.25) is 0 Å². The highest BCUT2D eigenvalue weighted by Gasteiger charge is 2.24. The first-order chi connectivity index (χ1) is 12.0. The number of carbonyl (C=O) groups excluding carboxylic acids is 2. The van der Waals surface area contributed by atoms with E-state index >= 15 is 0 Å². The van der Waals surface area contributed by atoms with Crippen LogP contribution >= 0.6 is 11.3 Å². The molecule has 5 nitrogen and oxygen atoms in total. The highest BCUT2D eigenvalue weighted by atomic mass is 32.1. The monoisotopic (exact) mass is 360 g/mol. The maximum Gasteiger partial charge on any atom is 0.343 e. The minimum atomic E-state index is -0.636. The average Bonchev–Trinajstić information content (AvgIpc) is 3.12. The van der Waals surface area contributed by atoms with Crippen LogP contribution < -0.4 is 0 Å². The largest absolute Gasteiger partial charge is 0.462 e. The van der Waals surface area contributed by atoms with Gasteiger partial charge in [0.05, 0.1) is 12.3 Å². The second-order valence-electron chi connectivity index (χ2n) is 4.96. The van der Waals surface area contributed by atoms with Gasteiger partial charge >= 0.3 is 5.97 Å². The van der Waals surface area contributed by atoms with Gasteiger partial charge in [-0.1, -0.05) is 44.2 Å². The molecule has 1 heterocycles. The van der Waals surface area contributed by atoms with Gasteiger partial charge in [-0.05, 0) is 6.92 Å². The van der Waals surface area contributed by atoms with Gasteiger partial charge < -0.3 is 9.64 Å². The van der Waals surface area contributed by atoms with Crippen LogP contribution in [0.15, 0.2) is 47.5 Å². The maximum absolute atomic E-state index is 12.6. The Balaban J connectivity index is 0.00000151. The normalized spacial score (nSPS) is 10.5. The fourth-order valence-electron chi connectivity index (χ4n) is 1.91. The Labute approximate surface area is 153 Å². The third-order valence-corrected chi connectivity index (χ3v) is 3.74. The highest BCUT2D eigenvalue weighted by molar-refractivity contribution is 7.12. The molecule has 0 amide bonds. The van der Waals surface area contributed by atoms with Crippen LogP contribution in [0.5, 0.6) is 0 Å². The number of ketones is 1. The van der Waals surface area contributed by atoms with E-state index in [1.807, 2.05) is 44.2 Å². The third kappa shape index (κ3) is 5.83. The van der Waals surface area contributed by atoms with Crippen molar-refractivity contribution in [1.29, 1.82) is 0 Å². The molecule has 0 radical (unpaired) electrons. The number of hydrogen-bond donors (Lipinski definition) is 0. The van der Waals surface area contributed by atoms with Crippen molar-refractivity contribution in [3.8, 4) is 11.3 Å². The second-order valence-corrected chi connectivity index (χ2v) is 5.82. The lowest BCUT2D eigenvalue weighted by Crippen LogP contribution is -2.19. The summed E-state index contributed by atoms with van der Waals surface area (Å²) in [6.45, 7) is 5.91. The van der Waals surface area contributed by atoms with Crippen LogP contribution in [-0.2, 0) is 9.53 Å². The summed E-state index contributed by atoms with van der Waals surface area (Å²) in [7, 11) is 3.48. The van der Waals surface area contributed by atoms with E-state index in [2.05, 4.69) is 4.98 Å². The van der Waals surface area contributed by atoms with E-state index in [1.54, 1.807) is 31.3 Å². The topological polar surface area (TPSA) is 59.5 Å². The van der Waals surface area contributed by atoms with Gasteiger partial charge in [-0.3, -0.25) is 4.79 Å². The summed E-state index contributed by atoms with van der Waals surface area (Å²) in [5.41, 5.74) is 1.62. The van der Waals surface area contributed by atoms with Crippen LogP contribution in [0.3, 0.4) is 0 Å². The van der Waals surface area contributed by atoms with E-state index in [1.165, 1.54) is 17.5 Å². The number of thiazole rings is 1. The molecule has 25 heavy (non-hydrogen) atoms. The second kappa shape index (κ2) is 10.4. The Kier molecular flexibility index (Phi) is 8.56. The number of rotatable bonds is 6. The lowest BCUT2D eigenvalue weighted by molar-refractivity contribution is -0.138. The van der Waals surface area contributed by atoms with Crippen LogP contribution in [0.1, 0.15) is 30.6 Å². The highest BCUT2D eigenvalue weighted by Crippen LogP contribution is 2.23. The summed E-state index contributed by atoms with van der Waals surface area (Å²) in [6.07, 6.45) is 1.46. The van der Waals surface area contributed by atoms with Crippen LogP contribution in [0, 0.1) is 0 Å². The zero-order valence-corrected chi connectivity index (χ0v) is 16.1. The standard InChI is InChI=1S/C17H18N2O3S.C2H6/c1-4-22-17(21)13(10-19(2)3)15(20)16-18-14(11-23-16)12-8-6-5-7-9-12;1-2/h5-11H,4H2,1-3H3;1-2H3/b13-10-;. The van der Waals surface area contributed by atoms with Gasteiger partial charge in [0.2, 0.25) is 5.78 Å². The molecule has 0 saturated heterocycles. The Bertz CT molecular complexity index is 721. The van der Waals surface area contributed by atoms with E-state index in [9.17, 15) is 9.59 Å². The Morgan fingerprint density at radius 2 is 1.84 bits per heavy atom. The fourth-order valence-corrected chi connectivity index (χ4v) is 2.69. The van der Waals surface area contributed by atoms with E-state index in [0.29, 0.717) is 5.69 Å². The van der Waals surface area contributed by atoms with Crippen molar-refractivity contribution in [3.63, 3.8) is 0 Å². The fraction of sp³-hybridized carbons (Fsp3) is 0.316. The van der Waals surface area contributed by atoms with Crippen molar-refractivity contribution in [2.24, 2.45) is 0 Å². The first-order valence-corrected chi connectivity index (χ1v) is 9.02. The molecule has 1 aromatic heterocycles. The summed E-state index contributed by atoms with van der Waals surface area (Å²) < 4.78 is 4.96. The SMILES string of the molecule is CC.CCOC(=O)/C(=C\N(C)C)C(=O)c1nc(-c2ccccc2)cs1. The molecule has 0 unspecified atom stereocenters. The Hall–Kier alpha value is -2.47. The molecule has 2 aromatic rings. The molecule has 6 heteroatoms. The molecule has 0 spiro atoms. The van der Waals surface area contributed by atoms with Crippen LogP contribution in [0.4, 0.5) is 0 Å². The molecule has 0 atom stereocenters. The van der Waals surface area contributed by atoms with Gasteiger partial charge in [0.25, 0.3) is 0 Å². The van der Waals surface area contributed by atoms with Crippen LogP contribution in [0.25, 0.3) is 11.3 Å². The number of hydrogen-bond acceptors (Lipinski definition) is 6. The van der Waals surface area contributed by atoms with E-state index in [-0.39, 0.29) is 17.2 Å². The van der Waals surface area contributed by atoms with E-state index in [0.717, 1.165) is 5.56 Å². The molecule has 0 bridgehead atoms. The predicted molar refractivity (Wildman–Crippen MR) is 102 cm³/mol. The summed E-state index contributed by atoms with van der Waals surface area (Å²) in [6, 6.07) is 9.58. The number of esters is 1. The molecule has 1 aromatic carbocycles. The van der Waals surface area contributed by atoms with Crippen molar-refractivity contribution in [1.82, 2.24) is 9.88 Å². The van der Waals surface area contributed by atoms with Gasteiger partial charge in [-0.15, -0.1) is 11.3 Å². The maximum atomic E-state index is 12.6. The van der Waals surface area contributed by atoms with Crippen molar-refractivity contribution in [2.75, 3.05) is 20.7 Å². The Morgan fingerprint density at radius 1 is 1.20 bits per heavy atom. The zero-order valence-electron chi connectivity index (χ0n) is 15.3. The molecule has 134 valence electrons. The average molecular weight is 360 g/mol. The predicted octanol–water partition coefficient (Wildman–Crippen LogP) is 4.03. The van der Waals surface area contributed by atoms with Gasteiger partial charge in [0.15, 0.2) is 5.01 Å². The van der Waals surface area contributed by atoms with E-state index < -0.39 is 11.8 Å². The zero-order chi connectivity index (χ0) is 18.8. The molecular weight excluding hydrogens is 336 g/mol. The smallest absolute Gasteiger partial charge is 0.343 e. The van der Waals surface area contributed by atoms with Crippen molar-refractivity contribution >= 4 is 23.1 Å². The molecule has 0 saturated carbocycles. The van der Waals surface area contributed by atoms with Crippen LogP contribution in [-0.4, -0.2) is 42.3 Å². The molecular formula is C19H24N2O3S. The number of nitrogens with zero attached hydrogens (tertiary/aromatic N) is 2. The molecule has 0 aliphatic rings. The summed E-state index contributed by atoms with van der Waals surface area (Å²) >= 11 is 1.22. The lowest BCUT2D eigenvalue weighted by Gasteiger charge is -2.09. The van der Waals surface area contributed by atoms with Crippen molar-refractivity contribution < 1.29 is 14.3 Å². The van der Waals surface area contributed by atoms with Gasteiger partial charge in [0, 0.05) is 31.2 Å². The number of ether oxygens (including phenoxy) is 1. The lowest BCUT2D eigenvalue weighted by atomic mass is 10.1. The first-order valence-electron chi connectivity index (χ1n) is 8.14.